The number of ether oxygens (including phenoxy) is 1. The number of benzene rings is 2. The van der Waals surface area contributed by atoms with Crippen LogP contribution < -0.4 is 10.1 Å². The van der Waals surface area contributed by atoms with E-state index < -0.39 is 0 Å². The second kappa shape index (κ2) is 10.4. The van der Waals surface area contributed by atoms with Crippen LogP contribution in [0.2, 0.25) is 10.0 Å². The van der Waals surface area contributed by atoms with Gasteiger partial charge >= 0.3 is 0 Å². The molecule has 7 heteroatoms. The molecule has 3 aromatic rings. The molecule has 0 atom stereocenters. The van der Waals surface area contributed by atoms with Crippen LogP contribution in [0, 0.1) is 0 Å². The highest BCUT2D eigenvalue weighted by Crippen LogP contribution is 2.24. The molecule has 2 aromatic carbocycles. The lowest BCUT2D eigenvalue weighted by atomic mass is 10.2. The van der Waals surface area contributed by atoms with E-state index in [-0.39, 0.29) is 0 Å². The van der Waals surface area contributed by atoms with Crippen LogP contribution in [-0.2, 0) is 13.1 Å². The molecule has 0 saturated heterocycles. The Morgan fingerprint density at radius 3 is 2.55 bits per heavy atom. The maximum absolute atomic E-state index is 6.39. The van der Waals surface area contributed by atoms with Crippen molar-refractivity contribution in [2.75, 3.05) is 11.9 Å². The van der Waals surface area contributed by atoms with Crippen molar-refractivity contribution in [2.24, 2.45) is 0 Å². The van der Waals surface area contributed by atoms with E-state index in [1.165, 1.54) is 0 Å². The first-order valence-electron chi connectivity index (χ1n) is 9.16. The summed E-state index contributed by atoms with van der Waals surface area (Å²) in [6.07, 6.45) is 3.58. The normalized spacial score (nSPS) is 10.4. The summed E-state index contributed by atoms with van der Waals surface area (Å²) in [5.41, 5.74) is 2.88. The van der Waals surface area contributed by atoms with Gasteiger partial charge in [-0.05, 0) is 72.7 Å². The van der Waals surface area contributed by atoms with Crippen LogP contribution in [0.25, 0.3) is 0 Å². The highest BCUT2D eigenvalue weighted by atomic mass is 35.5. The van der Waals surface area contributed by atoms with Gasteiger partial charge in [-0.15, -0.1) is 0 Å². The summed E-state index contributed by atoms with van der Waals surface area (Å²) in [4.78, 5) is 6.24. The molecule has 0 saturated carbocycles. The number of rotatable bonds is 7. The van der Waals surface area contributed by atoms with Gasteiger partial charge in [0.25, 0.3) is 0 Å². The van der Waals surface area contributed by atoms with Crippen molar-refractivity contribution in [3.63, 3.8) is 0 Å². The molecule has 0 spiro atoms. The van der Waals surface area contributed by atoms with E-state index in [2.05, 4.69) is 10.3 Å². The molecule has 150 valence electrons. The maximum Gasteiger partial charge on any atom is 0.174 e. The molecular formula is C22H21Cl2N3OS. The molecule has 0 unspecified atom stereocenters. The van der Waals surface area contributed by atoms with E-state index in [4.69, 9.17) is 40.2 Å². The fraction of sp³-hybridized carbons (Fsp3) is 0.182. The van der Waals surface area contributed by atoms with Gasteiger partial charge in [0.2, 0.25) is 0 Å². The molecule has 3 rings (SSSR count). The van der Waals surface area contributed by atoms with Crippen LogP contribution in [0.1, 0.15) is 18.1 Å². The highest BCUT2D eigenvalue weighted by Gasteiger charge is 2.14. The van der Waals surface area contributed by atoms with Crippen molar-refractivity contribution in [3.05, 3.63) is 88.2 Å². The van der Waals surface area contributed by atoms with Gasteiger partial charge in [0.05, 0.1) is 6.61 Å². The number of halogens is 2. The maximum atomic E-state index is 6.39. The van der Waals surface area contributed by atoms with E-state index in [0.717, 1.165) is 22.6 Å². The van der Waals surface area contributed by atoms with Gasteiger partial charge < -0.3 is 15.0 Å². The lowest BCUT2D eigenvalue weighted by Crippen LogP contribution is -2.34. The number of aromatic nitrogens is 1. The SMILES string of the molecule is CCOc1ccc(NC(=S)N(Cc2cccnc2)Cc2ccc(Cl)cc2Cl)cc1. The van der Waals surface area contributed by atoms with E-state index in [1.807, 2.05) is 66.6 Å². The largest absolute Gasteiger partial charge is 0.494 e. The van der Waals surface area contributed by atoms with Crippen molar-refractivity contribution >= 4 is 46.2 Å². The Hall–Kier alpha value is -2.34. The zero-order valence-electron chi connectivity index (χ0n) is 15.9. The summed E-state index contributed by atoms with van der Waals surface area (Å²) in [6.45, 7) is 3.72. The second-order valence-corrected chi connectivity index (χ2v) is 7.57. The van der Waals surface area contributed by atoms with Gasteiger partial charge in [-0.25, -0.2) is 0 Å². The predicted molar refractivity (Wildman–Crippen MR) is 124 cm³/mol. The summed E-state index contributed by atoms with van der Waals surface area (Å²) < 4.78 is 5.49. The minimum Gasteiger partial charge on any atom is -0.494 e. The molecule has 0 radical (unpaired) electrons. The molecule has 0 aliphatic carbocycles. The van der Waals surface area contributed by atoms with Crippen LogP contribution >= 0.6 is 35.4 Å². The van der Waals surface area contributed by atoms with Crippen LogP contribution in [0.15, 0.2) is 67.0 Å². The molecule has 0 aliphatic rings. The Labute approximate surface area is 186 Å². The van der Waals surface area contributed by atoms with Crippen molar-refractivity contribution in [3.8, 4) is 5.75 Å². The van der Waals surface area contributed by atoms with Crippen LogP contribution in [0.5, 0.6) is 5.75 Å². The van der Waals surface area contributed by atoms with Crippen molar-refractivity contribution in [1.82, 2.24) is 9.88 Å². The summed E-state index contributed by atoms with van der Waals surface area (Å²) in [5.74, 6) is 0.823. The van der Waals surface area contributed by atoms with Gasteiger partial charge in [-0.2, -0.15) is 0 Å². The molecule has 0 aliphatic heterocycles. The van der Waals surface area contributed by atoms with Gasteiger partial charge in [-0.3, -0.25) is 4.98 Å². The van der Waals surface area contributed by atoms with Crippen molar-refractivity contribution in [2.45, 2.75) is 20.0 Å². The summed E-state index contributed by atoms with van der Waals surface area (Å²) >= 11 is 18.1. The summed E-state index contributed by atoms with van der Waals surface area (Å²) in [5, 5.41) is 5.10. The van der Waals surface area contributed by atoms with Gasteiger partial charge in [0, 0.05) is 41.2 Å². The fourth-order valence-electron chi connectivity index (χ4n) is 2.77. The van der Waals surface area contributed by atoms with E-state index in [9.17, 15) is 0 Å². The number of anilines is 1. The first kappa shape index (κ1) is 21.4. The van der Waals surface area contributed by atoms with E-state index >= 15 is 0 Å². The minimum atomic E-state index is 0.535. The standard InChI is InChI=1S/C22H21Cl2N3OS/c1-2-28-20-9-7-19(8-10-20)26-22(29)27(14-16-4-3-11-25-13-16)15-17-5-6-18(23)12-21(17)24/h3-13H,2,14-15H2,1H3,(H,26,29). The third kappa shape index (κ3) is 6.32. The monoisotopic (exact) mass is 445 g/mol. The highest BCUT2D eigenvalue weighted by molar-refractivity contribution is 7.80. The lowest BCUT2D eigenvalue weighted by molar-refractivity contribution is 0.340. The van der Waals surface area contributed by atoms with Gasteiger partial charge in [0.15, 0.2) is 5.11 Å². The zero-order chi connectivity index (χ0) is 20.6. The molecule has 1 N–H and O–H groups in total. The fourth-order valence-corrected chi connectivity index (χ4v) is 3.49. The Morgan fingerprint density at radius 1 is 1.10 bits per heavy atom. The molecule has 0 bridgehead atoms. The van der Waals surface area contributed by atoms with Crippen LogP contribution in [0.3, 0.4) is 0 Å². The third-order valence-electron chi connectivity index (χ3n) is 4.18. The molecule has 29 heavy (non-hydrogen) atoms. The van der Waals surface area contributed by atoms with Gasteiger partial charge in [0.1, 0.15) is 5.75 Å². The third-order valence-corrected chi connectivity index (χ3v) is 5.12. The zero-order valence-corrected chi connectivity index (χ0v) is 18.3. The number of hydrogen-bond acceptors (Lipinski definition) is 3. The first-order valence-corrected chi connectivity index (χ1v) is 10.3. The summed E-state index contributed by atoms with van der Waals surface area (Å²) in [7, 11) is 0. The molecule has 1 aromatic heterocycles. The van der Waals surface area contributed by atoms with E-state index in [0.29, 0.717) is 34.9 Å². The Morgan fingerprint density at radius 2 is 1.90 bits per heavy atom. The number of hydrogen-bond donors (Lipinski definition) is 1. The Bertz CT molecular complexity index is 952. The van der Waals surface area contributed by atoms with Crippen molar-refractivity contribution in [1.29, 1.82) is 0 Å². The second-order valence-electron chi connectivity index (χ2n) is 6.34. The molecular weight excluding hydrogens is 425 g/mol. The predicted octanol–water partition coefficient (Wildman–Crippen LogP) is 6.19. The Kier molecular flexibility index (Phi) is 7.69. The lowest BCUT2D eigenvalue weighted by Gasteiger charge is -2.26. The number of pyridine rings is 1. The molecule has 0 amide bonds. The smallest absolute Gasteiger partial charge is 0.174 e. The Balaban J connectivity index is 1.78. The van der Waals surface area contributed by atoms with Crippen LogP contribution in [0.4, 0.5) is 5.69 Å². The molecule has 1 heterocycles. The number of nitrogens with zero attached hydrogens (tertiary/aromatic N) is 2. The quantitative estimate of drug-likeness (QED) is 0.439. The van der Waals surface area contributed by atoms with E-state index in [1.54, 1.807) is 12.3 Å². The molecule has 0 fully saturated rings. The average molecular weight is 446 g/mol. The van der Waals surface area contributed by atoms with Gasteiger partial charge in [-0.1, -0.05) is 35.3 Å². The average Bonchev–Trinajstić information content (AvgIpc) is 2.72. The minimum absolute atomic E-state index is 0.535. The summed E-state index contributed by atoms with van der Waals surface area (Å²) in [6, 6.07) is 17.1. The first-order chi connectivity index (χ1) is 14.0. The number of nitrogens with one attached hydrogen (secondary N) is 1. The van der Waals surface area contributed by atoms with Crippen LogP contribution in [-0.4, -0.2) is 21.6 Å². The van der Waals surface area contributed by atoms with Crippen molar-refractivity contribution < 1.29 is 4.74 Å². The topological polar surface area (TPSA) is 37.4 Å². The number of thiocarbonyl (C=S) groups is 1. The molecule has 4 nitrogen and oxygen atoms in total.